The van der Waals surface area contributed by atoms with Gasteiger partial charge < -0.3 is 24.6 Å². The summed E-state index contributed by atoms with van der Waals surface area (Å²) in [6.45, 7) is 4.66. The molecule has 2 fully saturated rings. The molecule has 0 spiro atoms. The standard InChI is InChI=1S/C27H31N3O5/c1-18-4-6-20(7-5-18)25(31)28-24(27(33)29-12-2-3-13-29)19-10-14-30(15-11-19)26(32)21-8-9-22-23(16-21)35-17-34-22/h4-9,16,19,24H,2-3,10-15,17H2,1H3,(H,28,31)/t24-/m0/s1. The minimum absolute atomic E-state index is 0.0106. The highest BCUT2D eigenvalue weighted by molar-refractivity contribution is 5.98. The molecule has 8 nitrogen and oxygen atoms in total. The quantitative estimate of drug-likeness (QED) is 0.715. The number of aryl methyl sites for hydroxylation is 1. The number of amides is 3. The molecule has 0 aromatic heterocycles. The summed E-state index contributed by atoms with van der Waals surface area (Å²) in [5.41, 5.74) is 2.18. The number of nitrogens with zero attached hydrogens (tertiary/aromatic N) is 2. The van der Waals surface area contributed by atoms with Crippen LogP contribution in [0.15, 0.2) is 42.5 Å². The monoisotopic (exact) mass is 477 g/mol. The van der Waals surface area contributed by atoms with Crippen LogP contribution in [0.3, 0.4) is 0 Å². The third-order valence-corrected chi connectivity index (χ3v) is 7.20. The summed E-state index contributed by atoms with van der Waals surface area (Å²) in [4.78, 5) is 43.2. The van der Waals surface area contributed by atoms with Gasteiger partial charge in [0.25, 0.3) is 11.8 Å². The van der Waals surface area contributed by atoms with Gasteiger partial charge in [0.15, 0.2) is 11.5 Å². The highest BCUT2D eigenvalue weighted by Gasteiger charge is 2.37. The van der Waals surface area contributed by atoms with Gasteiger partial charge in [-0.3, -0.25) is 14.4 Å². The van der Waals surface area contributed by atoms with Gasteiger partial charge in [-0.15, -0.1) is 0 Å². The number of carbonyl (C=O) groups is 3. The smallest absolute Gasteiger partial charge is 0.253 e. The van der Waals surface area contributed by atoms with E-state index < -0.39 is 6.04 Å². The molecule has 3 aliphatic rings. The minimum Gasteiger partial charge on any atom is -0.454 e. The van der Waals surface area contributed by atoms with Gasteiger partial charge >= 0.3 is 0 Å². The van der Waals surface area contributed by atoms with E-state index in [2.05, 4.69) is 5.32 Å². The van der Waals surface area contributed by atoms with Crippen molar-refractivity contribution < 1.29 is 23.9 Å². The van der Waals surface area contributed by atoms with Crippen molar-refractivity contribution in [3.63, 3.8) is 0 Å². The van der Waals surface area contributed by atoms with Crippen LogP contribution in [0.5, 0.6) is 11.5 Å². The largest absolute Gasteiger partial charge is 0.454 e. The van der Waals surface area contributed by atoms with E-state index in [1.807, 2.05) is 28.9 Å². The molecule has 1 N–H and O–H groups in total. The maximum Gasteiger partial charge on any atom is 0.253 e. The van der Waals surface area contributed by atoms with Gasteiger partial charge in [0, 0.05) is 37.3 Å². The third-order valence-electron chi connectivity index (χ3n) is 7.20. The highest BCUT2D eigenvalue weighted by Crippen LogP contribution is 2.33. The molecule has 1 atom stereocenters. The highest BCUT2D eigenvalue weighted by atomic mass is 16.7. The molecular weight excluding hydrogens is 446 g/mol. The van der Waals surface area contributed by atoms with Gasteiger partial charge in [-0.1, -0.05) is 17.7 Å². The van der Waals surface area contributed by atoms with Crippen LogP contribution in [0.1, 0.15) is 52.0 Å². The maximum atomic E-state index is 13.4. The number of likely N-dealkylation sites (tertiary alicyclic amines) is 2. The Balaban J connectivity index is 1.27. The van der Waals surface area contributed by atoms with Crippen LogP contribution in [0.25, 0.3) is 0 Å². The first-order valence-corrected chi connectivity index (χ1v) is 12.3. The number of benzene rings is 2. The molecule has 0 aliphatic carbocycles. The van der Waals surface area contributed by atoms with Crippen LogP contribution in [0.2, 0.25) is 0 Å². The topological polar surface area (TPSA) is 88.2 Å². The van der Waals surface area contributed by atoms with Crippen LogP contribution in [0.4, 0.5) is 0 Å². The summed E-state index contributed by atoms with van der Waals surface area (Å²) < 4.78 is 10.7. The number of piperidine rings is 1. The van der Waals surface area contributed by atoms with E-state index in [1.165, 1.54) is 0 Å². The van der Waals surface area contributed by atoms with Crippen LogP contribution >= 0.6 is 0 Å². The van der Waals surface area contributed by atoms with Crippen molar-refractivity contribution >= 4 is 17.7 Å². The van der Waals surface area contributed by atoms with Crippen molar-refractivity contribution in [3.8, 4) is 11.5 Å². The molecule has 0 bridgehead atoms. The molecule has 0 radical (unpaired) electrons. The fourth-order valence-corrected chi connectivity index (χ4v) is 5.09. The van der Waals surface area contributed by atoms with Crippen molar-refractivity contribution in [2.24, 2.45) is 5.92 Å². The number of hydrogen-bond acceptors (Lipinski definition) is 5. The van der Waals surface area contributed by atoms with E-state index in [9.17, 15) is 14.4 Å². The number of carbonyl (C=O) groups excluding carboxylic acids is 3. The Hall–Kier alpha value is -3.55. The first kappa shape index (κ1) is 23.2. The van der Waals surface area contributed by atoms with Crippen molar-refractivity contribution in [2.75, 3.05) is 33.0 Å². The Kier molecular flexibility index (Phi) is 6.61. The summed E-state index contributed by atoms with van der Waals surface area (Å²) in [7, 11) is 0. The first-order chi connectivity index (χ1) is 17.0. The normalized spacial score (nSPS) is 18.4. The van der Waals surface area contributed by atoms with Crippen LogP contribution in [-0.4, -0.2) is 66.5 Å². The van der Waals surface area contributed by atoms with E-state index in [1.54, 1.807) is 30.3 Å². The third kappa shape index (κ3) is 4.97. The van der Waals surface area contributed by atoms with Crippen molar-refractivity contribution in [3.05, 3.63) is 59.2 Å². The summed E-state index contributed by atoms with van der Waals surface area (Å²) in [6.07, 6.45) is 3.28. The zero-order chi connectivity index (χ0) is 24.4. The van der Waals surface area contributed by atoms with Crippen LogP contribution < -0.4 is 14.8 Å². The molecule has 184 valence electrons. The Morgan fingerprint density at radius 3 is 2.23 bits per heavy atom. The lowest BCUT2D eigenvalue weighted by molar-refractivity contribution is -0.134. The molecule has 5 rings (SSSR count). The average molecular weight is 478 g/mol. The molecule has 8 heteroatoms. The molecular formula is C27H31N3O5. The number of hydrogen-bond donors (Lipinski definition) is 1. The Labute approximate surface area is 205 Å². The van der Waals surface area contributed by atoms with E-state index >= 15 is 0 Å². The van der Waals surface area contributed by atoms with Crippen LogP contribution in [0, 0.1) is 12.8 Å². The molecule has 35 heavy (non-hydrogen) atoms. The Morgan fingerprint density at radius 2 is 1.51 bits per heavy atom. The number of rotatable bonds is 5. The average Bonchev–Trinajstić information content (AvgIpc) is 3.59. The maximum absolute atomic E-state index is 13.4. The van der Waals surface area contributed by atoms with Crippen molar-refractivity contribution in [1.29, 1.82) is 0 Å². The van der Waals surface area contributed by atoms with Crippen molar-refractivity contribution in [1.82, 2.24) is 15.1 Å². The predicted molar refractivity (Wildman–Crippen MR) is 129 cm³/mol. The van der Waals surface area contributed by atoms with Gasteiger partial charge in [-0.25, -0.2) is 0 Å². The van der Waals surface area contributed by atoms with Gasteiger partial charge in [-0.2, -0.15) is 0 Å². The summed E-state index contributed by atoms with van der Waals surface area (Å²) in [5.74, 6) is 0.893. The molecule has 2 aromatic carbocycles. The zero-order valence-electron chi connectivity index (χ0n) is 20.0. The fraction of sp³-hybridized carbons (Fsp3) is 0.444. The SMILES string of the molecule is Cc1ccc(C(=O)N[C@H](C(=O)N2CCCC2)C2CCN(C(=O)c3ccc4c(c3)OCO4)CC2)cc1. The number of nitrogens with one attached hydrogen (secondary N) is 1. The van der Waals surface area contributed by atoms with Gasteiger partial charge in [0.05, 0.1) is 0 Å². The second-order valence-corrected chi connectivity index (χ2v) is 9.55. The van der Waals surface area contributed by atoms with Gasteiger partial charge in [0.1, 0.15) is 6.04 Å². The van der Waals surface area contributed by atoms with E-state index in [4.69, 9.17) is 9.47 Å². The predicted octanol–water partition coefficient (Wildman–Crippen LogP) is 3.00. The molecule has 3 heterocycles. The molecule has 3 amide bonds. The molecule has 2 saturated heterocycles. The summed E-state index contributed by atoms with van der Waals surface area (Å²) in [5, 5.41) is 3.04. The molecule has 3 aliphatic heterocycles. The summed E-state index contributed by atoms with van der Waals surface area (Å²) in [6, 6.07) is 12.0. The molecule has 2 aromatic rings. The fourth-order valence-electron chi connectivity index (χ4n) is 5.09. The Morgan fingerprint density at radius 1 is 0.857 bits per heavy atom. The van der Waals surface area contributed by atoms with E-state index in [-0.39, 0.29) is 30.4 Å². The number of fused-ring (bicyclic) bond motifs is 1. The first-order valence-electron chi connectivity index (χ1n) is 12.3. The summed E-state index contributed by atoms with van der Waals surface area (Å²) >= 11 is 0. The molecule has 0 saturated carbocycles. The van der Waals surface area contributed by atoms with Crippen LogP contribution in [-0.2, 0) is 4.79 Å². The zero-order valence-corrected chi connectivity index (χ0v) is 20.0. The second-order valence-electron chi connectivity index (χ2n) is 9.55. The minimum atomic E-state index is -0.593. The lowest BCUT2D eigenvalue weighted by Crippen LogP contribution is -2.54. The van der Waals surface area contributed by atoms with Gasteiger partial charge in [-0.05, 0) is 68.9 Å². The lowest BCUT2D eigenvalue weighted by atomic mass is 9.88. The van der Waals surface area contributed by atoms with E-state index in [0.717, 1.165) is 31.5 Å². The van der Waals surface area contributed by atoms with E-state index in [0.29, 0.717) is 48.6 Å². The van der Waals surface area contributed by atoms with Crippen molar-refractivity contribution in [2.45, 2.75) is 38.6 Å². The van der Waals surface area contributed by atoms with Gasteiger partial charge in [0.2, 0.25) is 12.7 Å². The Bertz CT molecular complexity index is 1100. The molecule has 0 unspecified atom stereocenters. The second kappa shape index (κ2) is 9.98. The number of ether oxygens (including phenoxy) is 2. The lowest BCUT2D eigenvalue weighted by Gasteiger charge is -2.37.